The Hall–Kier alpha value is -0.470. The zero-order valence-corrected chi connectivity index (χ0v) is 15.3. The molecule has 0 aliphatic carbocycles. The lowest BCUT2D eigenvalue weighted by atomic mass is 10.3. The van der Waals surface area contributed by atoms with Crippen LogP contribution in [0.1, 0.15) is 30.5 Å². The maximum absolute atomic E-state index is 12.7. The standard InChI is InChI=1S/C14H26N2O3S2/c1-10(2)15-8-13-7-14(12(4)20-13)21(17,18)16(5)11(3)9-19-6/h7,10-11,15H,8-9H2,1-6H3. The SMILES string of the molecule is COCC(C)N(C)S(=O)(=O)c1cc(CNC(C)C)sc1C. The minimum Gasteiger partial charge on any atom is -0.383 e. The third kappa shape index (κ3) is 4.75. The second kappa shape index (κ2) is 7.69. The van der Waals surface area contributed by atoms with E-state index in [4.69, 9.17) is 4.74 Å². The molecule has 1 rings (SSSR count). The van der Waals surface area contributed by atoms with Gasteiger partial charge in [0.15, 0.2) is 0 Å². The Bertz CT molecular complexity index is 553. The predicted octanol–water partition coefficient (Wildman–Crippen LogP) is 2.21. The van der Waals surface area contributed by atoms with Crippen molar-refractivity contribution < 1.29 is 13.2 Å². The van der Waals surface area contributed by atoms with E-state index in [1.54, 1.807) is 20.2 Å². The summed E-state index contributed by atoms with van der Waals surface area (Å²) in [6, 6.07) is 1.95. The van der Waals surface area contributed by atoms with Gasteiger partial charge in [0.05, 0.1) is 11.5 Å². The molecule has 0 bridgehead atoms. The molecule has 0 fully saturated rings. The molecule has 0 radical (unpaired) electrons. The fourth-order valence-electron chi connectivity index (χ4n) is 1.91. The van der Waals surface area contributed by atoms with Gasteiger partial charge in [-0.2, -0.15) is 4.31 Å². The van der Waals surface area contributed by atoms with Gasteiger partial charge in [-0.15, -0.1) is 11.3 Å². The summed E-state index contributed by atoms with van der Waals surface area (Å²) in [4.78, 5) is 2.26. The maximum atomic E-state index is 12.7. The lowest BCUT2D eigenvalue weighted by Crippen LogP contribution is -2.37. The summed E-state index contributed by atoms with van der Waals surface area (Å²) in [5.41, 5.74) is 0. The Morgan fingerprint density at radius 1 is 1.38 bits per heavy atom. The number of rotatable bonds is 8. The highest BCUT2D eigenvalue weighted by Crippen LogP contribution is 2.28. The van der Waals surface area contributed by atoms with E-state index in [0.717, 1.165) is 9.75 Å². The maximum Gasteiger partial charge on any atom is 0.244 e. The van der Waals surface area contributed by atoms with Gasteiger partial charge in [-0.1, -0.05) is 13.8 Å². The van der Waals surface area contributed by atoms with Crippen LogP contribution in [0.4, 0.5) is 0 Å². The molecule has 21 heavy (non-hydrogen) atoms. The first-order valence-electron chi connectivity index (χ1n) is 6.99. The molecule has 7 heteroatoms. The zero-order chi connectivity index (χ0) is 16.2. The van der Waals surface area contributed by atoms with Crippen LogP contribution in [0.5, 0.6) is 0 Å². The molecule has 0 aliphatic rings. The van der Waals surface area contributed by atoms with Gasteiger partial charge >= 0.3 is 0 Å². The minimum atomic E-state index is -3.47. The molecule has 1 N–H and O–H groups in total. The number of sulfonamides is 1. The Morgan fingerprint density at radius 3 is 2.52 bits per heavy atom. The van der Waals surface area contributed by atoms with Gasteiger partial charge in [-0.05, 0) is 19.9 Å². The van der Waals surface area contributed by atoms with Crippen LogP contribution in [0.15, 0.2) is 11.0 Å². The van der Waals surface area contributed by atoms with Crippen LogP contribution in [0.25, 0.3) is 0 Å². The van der Waals surface area contributed by atoms with Crippen LogP contribution in [-0.4, -0.2) is 45.6 Å². The molecule has 1 aromatic rings. The Morgan fingerprint density at radius 2 is 2.00 bits per heavy atom. The molecule has 122 valence electrons. The summed E-state index contributed by atoms with van der Waals surface area (Å²) >= 11 is 1.53. The van der Waals surface area contributed by atoms with E-state index < -0.39 is 10.0 Å². The number of thiophene rings is 1. The smallest absolute Gasteiger partial charge is 0.244 e. The Labute approximate surface area is 132 Å². The summed E-state index contributed by atoms with van der Waals surface area (Å²) in [6.07, 6.45) is 0. The third-order valence-corrected chi connectivity index (χ3v) is 6.57. The van der Waals surface area contributed by atoms with Crippen molar-refractivity contribution >= 4 is 21.4 Å². The Balaban J connectivity index is 2.98. The molecular weight excluding hydrogens is 308 g/mol. The third-order valence-electron chi connectivity index (χ3n) is 3.29. The molecule has 0 saturated heterocycles. The van der Waals surface area contributed by atoms with Crippen molar-refractivity contribution in [3.63, 3.8) is 0 Å². The van der Waals surface area contributed by atoms with Crippen LogP contribution in [0.3, 0.4) is 0 Å². The van der Waals surface area contributed by atoms with Crippen LogP contribution < -0.4 is 5.32 Å². The van der Waals surface area contributed by atoms with Crippen LogP contribution in [0.2, 0.25) is 0 Å². The van der Waals surface area contributed by atoms with E-state index >= 15 is 0 Å². The number of ether oxygens (including phenoxy) is 1. The van der Waals surface area contributed by atoms with E-state index in [1.807, 2.05) is 13.8 Å². The fourth-order valence-corrected chi connectivity index (χ4v) is 4.81. The second-order valence-corrected chi connectivity index (χ2v) is 8.80. The predicted molar refractivity (Wildman–Crippen MR) is 87.3 cm³/mol. The topological polar surface area (TPSA) is 58.6 Å². The lowest BCUT2D eigenvalue weighted by molar-refractivity contribution is 0.149. The van der Waals surface area contributed by atoms with Crippen molar-refractivity contribution in [2.24, 2.45) is 0 Å². The molecule has 0 amide bonds. The quantitative estimate of drug-likeness (QED) is 0.792. The van der Waals surface area contributed by atoms with Gasteiger partial charge in [0, 0.05) is 42.5 Å². The summed E-state index contributed by atoms with van der Waals surface area (Å²) < 4.78 is 31.8. The molecular formula is C14H26N2O3S2. The first-order chi connectivity index (χ1) is 9.70. The Kier molecular flexibility index (Phi) is 6.80. The van der Waals surface area contributed by atoms with Crippen molar-refractivity contribution in [3.8, 4) is 0 Å². The average Bonchev–Trinajstić information content (AvgIpc) is 2.77. The van der Waals surface area contributed by atoms with Gasteiger partial charge in [0.25, 0.3) is 0 Å². The van der Waals surface area contributed by atoms with Crippen LogP contribution >= 0.6 is 11.3 Å². The molecule has 0 aliphatic heterocycles. The molecule has 0 spiro atoms. The van der Waals surface area contributed by atoms with Gasteiger partial charge in [-0.25, -0.2) is 8.42 Å². The largest absolute Gasteiger partial charge is 0.383 e. The highest BCUT2D eigenvalue weighted by molar-refractivity contribution is 7.89. The lowest BCUT2D eigenvalue weighted by Gasteiger charge is -2.23. The molecule has 1 aromatic heterocycles. The van der Waals surface area contributed by atoms with Crippen molar-refractivity contribution in [1.29, 1.82) is 0 Å². The van der Waals surface area contributed by atoms with Crippen LogP contribution in [-0.2, 0) is 21.3 Å². The van der Waals surface area contributed by atoms with Crippen molar-refractivity contribution in [3.05, 3.63) is 15.8 Å². The molecule has 1 heterocycles. The van der Waals surface area contributed by atoms with Gasteiger partial charge in [0.2, 0.25) is 10.0 Å². The summed E-state index contributed by atoms with van der Waals surface area (Å²) in [5, 5.41) is 3.31. The molecule has 1 unspecified atom stereocenters. The molecule has 0 aromatic carbocycles. The monoisotopic (exact) mass is 334 g/mol. The number of likely N-dealkylation sites (N-methyl/N-ethyl adjacent to an activating group) is 1. The summed E-state index contributed by atoms with van der Waals surface area (Å²) in [6.45, 7) is 8.89. The van der Waals surface area contributed by atoms with Gasteiger partial charge in [-0.3, -0.25) is 0 Å². The number of aryl methyl sites for hydroxylation is 1. The van der Waals surface area contributed by atoms with Crippen molar-refractivity contribution in [2.45, 2.75) is 51.2 Å². The summed E-state index contributed by atoms with van der Waals surface area (Å²) in [5.74, 6) is 0. The average molecular weight is 335 g/mol. The number of hydrogen-bond acceptors (Lipinski definition) is 5. The minimum absolute atomic E-state index is 0.198. The normalized spacial score (nSPS) is 14.1. The number of nitrogens with one attached hydrogen (secondary N) is 1. The van der Waals surface area contributed by atoms with Gasteiger partial charge in [0.1, 0.15) is 0 Å². The fraction of sp³-hybridized carbons (Fsp3) is 0.714. The molecule has 0 saturated carbocycles. The second-order valence-electron chi connectivity index (χ2n) is 5.49. The van der Waals surface area contributed by atoms with E-state index in [0.29, 0.717) is 24.1 Å². The van der Waals surface area contributed by atoms with Gasteiger partial charge < -0.3 is 10.1 Å². The van der Waals surface area contributed by atoms with E-state index in [9.17, 15) is 8.42 Å². The molecule has 1 atom stereocenters. The number of nitrogens with zero attached hydrogens (tertiary/aromatic N) is 1. The molecule has 5 nitrogen and oxygen atoms in total. The van der Waals surface area contributed by atoms with Crippen molar-refractivity contribution in [2.75, 3.05) is 20.8 Å². The number of hydrogen-bond donors (Lipinski definition) is 1. The van der Waals surface area contributed by atoms with Crippen LogP contribution in [0, 0.1) is 6.92 Å². The zero-order valence-electron chi connectivity index (χ0n) is 13.6. The van der Waals surface area contributed by atoms with E-state index in [1.165, 1.54) is 15.6 Å². The highest BCUT2D eigenvalue weighted by atomic mass is 32.2. The van der Waals surface area contributed by atoms with E-state index in [2.05, 4.69) is 19.2 Å². The first-order valence-corrected chi connectivity index (χ1v) is 9.25. The first kappa shape index (κ1) is 18.6. The number of methoxy groups -OCH3 is 1. The van der Waals surface area contributed by atoms with Crippen molar-refractivity contribution in [1.82, 2.24) is 9.62 Å². The summed E-state index contributed by atoms with van der Waals surface area (Å²) in [7, 11) is -0.302. The van der Waals surface area contributed by atoms with E-state index in [-0.39, 0.29) is 6.04 Å². The highest BCUT2D eigenvalue weighted by Gasteiger charge is 2.28.